The number of anilines is 1. The van der Waals surface area contributed by atoms with Gasteiger partial charge in [-0.05, 0) is 41.3 Å². The molecule has 0 fully saturated rings. The van der Waals surface area contributed by atoms with Crippen LogP contribution in [-0.2, 0) is 27.8 Å². The van der Waals surface area contributed by atoms with Gasteiger partial charge in [0.25, 0.3) is 10.0 Å². The third-order valence-electron chi connectivity index (χ3n) is 3.87. The molecule has 3 nitrogen and oxygen atoms in total. The van der Waals surface area contributed by atoms with Crippen LogP contribution in [0.4, 0.5) is 32.0 Å². The molecule has 2 aromatic rings. The molecule has 0 unspecified atom stereocenters. The van der Waals surface area contributed by atoms with Crippen molar-refractivity contribution in [3.05, 3.63) is 59.2 Å². The lowest BCUT2D eigenvalue weighted by Crippen LogP contribution is -2.17. The van der Waals surface area contributed by atoms with E-state index in [0.29, 0.717) is 12.1 Å². The molecule has 154 valence electrons. The second-order valence-corrected chi connectivity index (χ2v) is 8.86. The maximum absolute atomic E-state index is 12.9. The second kappa shape index (κ2) is 6.98. The van der Waals surface area contributed by atoms with Crippen LogP contribution in [0.25, 0.3) is 0 Å². The minimum absolute atomic E-state index is 0.0735. The molecule has 0 aromatic heterocycles. The Bertz CT molecular complexity index is 923. The van der Waals surface area contributed by atoms with Crippen LogP contribution in [0.2, 0.25) is 0 Å². The zero-order valence-electron chi connectivity index (χ0n) is 15.0. The average Bonchev–Trinajstić information content (AvgIpc) is 2.52. The number of halogens is 6. The Morgan fingerprint density at radius 1 is 0.714 bits per heavy atom. The Kier molecular flexibility index (Phi) is 5.50. The molecule has 0 spiro atoms. The lowest BCUT2D eigenvalue weighted by Gasteiger charge is -2.19. The number of benzene rings is 2. The van der Waals surface area contributed by atoms with E-state index in [1.165, 1.54) is 24.3 Å². The largest absolute Gasteiger partial charge is 0.416 e. The van der Waals surface area contributed by atoms with Gasteiger partial charge in [-0.1, -0.05) is 32.9 Å². The second-order valence-electron chi connectivity index (χ2n) is 7.17. The van der Waals surface area contributed by atoms with Crippen LogP contribution in [0.1, 0.15) is 37.5 Å². The molecule has 0 saturated carbocycles. The summed E-state index contributed by atoms with van der Waals surface area (Å²) in [4.78, 5) is -0.286. The molecule has 0 amide bonds. The minimum atomic E-state index is -5.07. The molecule has 2 rings (SSSR count). The lowest BCUT2D eigenvalue weighted by atomic mass is 9.87. The van der Waals surface area contributed by atoms with E-state index in [1.807, 2.05) is 20.8 Å². The van der Waals surface area contributed by atoms with Crippen molar-refractivity contribution in [2.75, 3.05) is 4.72 Å². The van der Waals surface area contributed by atoms with Gasteiger partial charge in [0.05, 0.1) is 21.7 Å². The van der Waals surface area contributed by atoms with Crippen LogP contribution in [0.3, 0.4) is 0 Å². The van der Waals surface area contributed by atoms with Crippen LogP contribution in [0, 0.1) is 0 Å². The summed E-state index contributed by atoms with van der Waals surface area (Å²) in [5.41, 5.74) is -3.50. The Labute approximate surface area is 158 Å². The molecule has 0 saturated heterocycles. The third kappa shape index (κ3) is 5.18. The van der Waals surface area contributed by atoms with Crippen molar-refractivity contribution in [2.24, 2.45) is 0 Å². The van der Waals surface area contributed by atoms with E-state index in [9.17, 15) is 34.8 Å². The Balaban J connectivity index is 2.45. The van der Waals surface area contributed by atoms with Gasteiger partial charge in [-0.25, -0.2) is 8.42 Å². The molecule has 0 atom stereocenters. The number of sulfonamides is 1. The molecule has 1 N–H and O–H groups in total. The quantitative estimate of drug-likeness (QED) is 0.630. The zero-order valence-corrected chi connectivity index (χ0v) is 15.9. The first-order chi connectivity index (χ1) is 12.5. The molecule has 0 heterocycles. The predicted molar refractivity (Wildman–Crippen MR) is 92.4 cm³/mol. The summed E-state index contributed by atoms with van der Waals surface area (Å²) in [6, 6.07) is 6.09. The number of nitrogens with one attached hydrogen (secondary N) is 1. The van der Waals surface area contributed by atoms with Crippen molar-refractivity contribution >= 4 is 15.7 Å². The number of hydrogen-bond acceptors (Lipinski definition) is 2. The summed E-state index contributed by atoms with van der Waals surface area (Å²) in [7, 11) is -4.38. The van der Waals surface area contributed by atoms with Gasteiger partial charge in [0.2, 0.25) is 0 Å². The fourth-order valence-corrected chi connectivity index (χ4v) is 3.40. The maximum Gasteiger partial charge on any atom is 0.416 e. The molecule has 0 aliphatic carbocycles. The molecule has 2 aromatic carbocycles. The van der Waals surface area contributed by atoms with Crippen LogP contribution >= 0.6 is 0 Å². The number of hydrogen-bond donors (Lipinski definition) is 1. The summed E-state index contributed by atoms with van der Waals surface area (Å²) in [5.74, 6) is 0. The first-order valence-electron chi connectivity index (χ1n) is 7.93. The fraction of sp³-hybridized carbons (Fsp3) is 0.333. The Morgan fingerprint density at radius 2 is 1.14 bits per heavy atom. The summed E-state index contributed by atoms with van der Waals surface area (Å²) in [6.07, 6.45) is -10.1. The number of rotatable bonds is 3. The zero-order chi connectivity index (χ0) is 21.5. The molecule has 0 aliphatic rings. The van der Waals surface area contributed by atoms with Crippen LogP contribution in [-0.4, -0.2) is 8.42 Å². The molecule has 28 heavy (non-hydrogen) atoms. The first-order valence-corrected chi connectivity index (χ1v) is 9.41. The molecule has 0 aliphatic heterocycles. The summed E-state index contributed by atoms with van der Waals surface area (Å²) in [6.45, 7) is 5.70. The monoisotopic (exact) mass is 425 g/mol. The van der Waals surface area contributed by atoms with Gasteiger partial charge in [0, 0.05) is 0 Å². The van der Waals surface area contributed by atoms with E-state index in [-0.39, 0.29) is 16.4 Å². The molecular formula is C18H17F6NO2S. The summed E-state index contributed by atoms with van der Waals surface area (Å²) in [5, 5.41) is 0. The number of alkyl halides is 6. The third-order valence-corrected chi connectivity index (χ3v) is 5.27. The van der Waals surface area contributed by atoms with Gasteiger partial charge in [0.15, 0.2) is 0 Å². The van der Waals surface area contributed by atoms with Gasteiger partial charge in [-0.2, -0.15) is 26.3 Å². The highest BCUT2D eigenvalue weighted by Gasteiger charge is 2.37. The molecule has 0 bridgehead atoms. The smallest absolute Gasteiger partial charge is 0.280 e. The van der Waals surface area contributed by atoms with Gasteiger partial charge >= 0.3 is 12.4 Å². The highest BCUT2D eigenvalue weighted by Crippen LogP contribution is 2.38. The van der Waals surface area contributed by atoms with Crippen molar-refractivity contribution in [2.45, 2.75) is 43.4 Å². The predicted octanol–water partition coefficient (Wildman–Crippen LogP) is 5.82. The normalized spacial score (nSPS) is 13.5. The molecular weight excluding hydrogens is 408 g/mol. The van der Waals surface area contributed by atoms with Crippen molar-refractivity contribution in [1.29, 1.82) is 0 Å². The standard InChI is InChI=1S/C18H17F6NO2S/c1-16(2,3)11-4-6-15(7-5-11)28(26,27)25-14-9-12(17(19,20)21)8-13(10-14)18(22,23)24/h4-10,25H,1-3H3. The summed E-state index contributed by atoms with van der Waals surface area (Å²) >= 11 is 0. The van der Waals surface area contributed by atoms with Gasteiger partial charge < -0.3 is 0 Å². The fourth-order valence-electron chi connectivity index (χ4n) is 2.36. The summed E-state index contributed by atoms with van der Waals surface area (Å²) < 4.78 is 104. The van der Waals surface area contributed by atoms with Crippen LogP contribution in [0.5, 0.6) is 0 Å². The van der Waals surface area contributed by atoms with Crippen LogP contribution in [0.15, 0.2) is 47.4 Å². The lowest BCUT2D eigenvalue weighted by molar-refractivity contribution is -0.143. The molecule has 10 heteroatoms. The van der Waals surface area contributed by atoms with Crippen molar-refractivity contribution < 1.29 is 34.8 Å². The van der Waals surface area contributed by atoms with E-state index >= 15 is 0 Å². The SMILES string of the molecule is CC(C)(C)c1ccc(S(=O)(=O)Nc2cc(C(F)(F)F)cc(C(F)(F)F)c2)cc1. The average molecular weight is 425 g/mol. The van der Waals surface area contributed by atoms with E-state index in [1.54, 1.807) is 4.72 Å². The van der Waals surface area contributed by atoms with Gasteiger partial charge in [-0.15, -0.1) is 0 Å². The maximum atomic E-state index is 12.9. The Hall–Kier alpha value is -2.23. The van der Waals surface area contributed by atoms with E-state index in [2.05, 4.69) is 0 Å². The minimum Gasteiger partial charge on any atom is -0.280 e. The highest BCUT2D eigenvalue weighted by atomic mass is 32.2. The first kappa shape index (κ1) is 22.1. The van der Waals surface area contributed by atoms with Gasteiger partial charge in [-0.3, -0.25) is 4.72 Å². The van der Waals surface area contributed by atoms with Crippen molar-refractivity contribution in [3.63, 3.8) is 0 Å². The van der Waals surface area contributed by atoms with Crippen molar-refractivity contribution in [3.8, 4) is 0 Å². The van der Waals surface area contributed by atoms with E-state index < -0.39 is 39.2 Å². The molecule has 0 radical (unpaired) electrons. The van der Waals surface area contributed by atoms with E-state index in [0.717, 1.165) is 5.56 Å². The van der Waals surface area contributed by atoms with Crippen LogP contribution < -0.4 is 4.72 Å². The van der Waals surface area contributed by atoms with Gasteiger partial charge in [0.1, 0.15) is 0 Å². The van der Waals surface area contributed by atoms with Crippen molar-refractivity contribution in [1.82, 2.24) is 0 Å². The Morgan fingerprint density at radius 3 is 1.50 bits per heavy atom. The highest BCUT2D eigenvalue weighted by molar-refractivity contribution is 7.92. The van der Waals surface area contributed by atoms with E-state index in [4.69, 9.17) is 0 Å². The topological polar surface area (TPSA) is 46.2 Å².